The van der Waals surface area contributed by atoms with Crippen LogP contribution in [-0.4, -0.2) is 23.5 Å². The SMILES string of the molecule is Cc1nc(-c2cc3ccc(OCC(=O)NC4CCCC4)cc3oc2=O)cs1. The minimum Gasteiger partial charge on any atom is -0.484 e. The van der Waals surface area contributed by atoms with Crippen LogP contribution in [0.25, 0.3) is 22.2 Å². The van der Waals surface area contributed by atoms with Crippen LogP contribution in [0.1, 0.15) is 30.7 Å². The first-order chi connectivity index (χ1) is 13.1. The molecule has 140 valence electrons. The molecule has 27 heavy (non-hydrogen) atoms. The number of carbonyl (C=O) groups is 1. The van der Waals surface area contributed by atoms with Crippen LogP contribution in [0, 0.1) is 6.92 Å². The van der Waals surface area contributed by atoms with Gasteiger partial charge in [0.2, 0.25) is 0 Å². The predicted molar refractivity (Wildman–Crippen MR) is 104 cm³/mol. The molecule has 1 amide bonds. The van der Waals surface area contributed by atoms with Gasteiger partial charge in [-0.25, -0.2) is 9.78 Å². The number of hydrogen-bond donors (Lipinski definition) is 1. The Balaban J connectivity index is 1.49. The topological polar surface area (TPSA) is 81.4 Å². The van der Waals surface area contributed by atoms with Crippen molar-refractivity contribution >= 4 is 28.2 Å². The zero-order valence-corrected chi connectivity index (χ0v) is 15.8. The maximum Gasteiger partial charge on any atom is 0.345 e. The normalized spacial score (nSPS) is 14.6. The Labute approximate surface area is 160 Å². The molecule has 1 N–H and O–H groups in total. The summed E-state index contributed by atoms with van der Waals surface area (Å²) in [5, 5.41) is 6.49. The van der Waals surface area contributed by atoms with Gasteiger partial charge in [0, 0.05) is 22.9 Å². The molecule has 0 atom stereocenters. The number of carbonyl (C=O) groups excluding carboxylic acids is 1. The molecule has 1 aromatic carbocycles. The lowest BCUT2D eigenvalue weighted by Crippen LogP contribution is -2.36. The fourth-order valence-electron chi connectivity index (χ4n) is 3.34. The molecule has 2 heterocycles. The number of aryl methyl sites for hydroxylation is 1. The molecule has 0 bridgehead atoms. The maximum atomic E-state index is 12.3. The average Bonchev–Trinajstić information content (AvgIpc) is 3.31. The quantitative estimate of drug-likeness (QED) is 0.679. The van der Waals surface area contributed by atoms with Crippen LogP contribution in [-0.2, 0) is 4.79 Å². The van der Waals surface area contributed by atoms with Crippen molar-refractivity contribution in [2.24, 2.45) is 0 Å². The van der Waals surface area contributed by atoms with Gasteiger partial charge in [-0.1, -0.05) is 12.8 Å². The summed E-state index contributed by atoms with van der Waals surface area (Å²) in [6.45, 7) is 1.84. The standard InChI is InChI=1S/C20H20N2O4S/c1-12-21-17(11-27-12)16-8-13-6-7-15(9-18(13)26-20(16)24)25-10-19(23)22-14-4-2-3-5-14/h6-9,11,14H,2-5,10H2,1H3,(H,22,23). The molecule has 2 aromatic heterocycles. The van der Waals surface area contributed by atoms with E-state index >= 15 is 0 Å². The Bertz CT molecular complexity index is 1030. The van der Waals surface area contributed by atoms with Gasteiger partial charge in [0.1, 0.15) is 11.3 Å². The molecule has 0 radical (unpaired) electrons. The molecule has 0 spiro atoms. The second-order valence-corrected chi connectivity index (χ2v) is 7.80. The van der Waals surface area contributed by atoms with E-state index in [-0.39, 0.29) is 18.6 Å². The van der Waals surface area contributed by atoms with E-state index in [1.165, 1.54) is 11.3 Å². The fraction of sp³-hybridized carbons (Fsp3) is 0.350. The molecule has 4 rings (SSSR count). The third-order valence-electron chi connectivity index (χ3n) is 4.69. The molecule has 7 heteroatoms. The Morgan fingerprint density at radius 3 is 2.89 bits per heavy atom. The lowest BCUT2D eigenvalue weighted by molar-refractivity contribution is -0.123. The molecular weight excluding hydrogens is 364 g/mol. The summed E-state index contributed by atoms with van der Waals surface area (Å²) < 4.78 is 11.0. The zero-order valence-electron chi connectivity index (χ0n) is 15.0. The maximum absolute atomic E-state index is 12.3. The van der Waals surface area contributed by atoms with Crippen LogP contribution >= 0.6 is 11.3 Å². The first kappa shape index (κ1) is 17.7. The van der Waals surface area contributed by atoms with Crippen molar-refractivity contribution in [3.8, 4) is 17.0 Å². The number of nitrogens with one attached hydrogen (secondary N) is 1. The Morgan fingerprint density at radius 1 is 1.33 bits per heavy atom. The second-order valence-electron chi connectivity index (χ2n) is 6.74. The molecule has 0 saturated heterocycles. The Morgan fingerprint density at radius 2 is 2.15 bits per heavy atom. The van der Waals surface area contributed by atoms with Crippen LogP contribution in [0.15, 0.2) is 38.9 Å². The van der Waals surface area contributed by atoms with Crippen molar-refractivity contribution in [2.75, 3.05) is 6.61 Å². The zero-order chi connectivity index (χ0) is 18.8. The average molecular weight is 384 g/mol. The Hall–Kier alpha value is -2.67. The van der Waals surface area contributed by atoms with E-state index in [1.54, 1.807) is 18.2 Å². The molecular formula is C20H20N2O4S. The Kier molecular flexibility index (Phi) is 4.94. The highest BCUT2D eigenvalue weighted by molar-refractivity contribution is 7.09. The smallest absolute Gasteiger partial charge is 0.345 e. The number of amides is 1. The number of hydrogen-bond acceptors (Lipinski definition) is 6. The number of benzene rings is 1. The van der Waals surface area contributed by atoms with Gasteiger partial charge in [-0.2, -0.15) is 0 Å². The summed E-state index contributed by atoms with van der Waals surface area (Å²) in [5.74, 6) is 0.363. The van der Waals surface area contributed by atoms with Crippen molar-refractivity contribution in [1.29, 1.82) is 0 Å². The van der Waals surface area contributed by atoms with Gasteiger partial charge >= 0.3 is 5.63 Å². The number of fused-ring (bicyclic) bond motifs is 1. The van der Waals surface area contributed by atoms with Crippen molar-refractivity contribution in [3.05, 3.63) is 45.1 Å². The summed E-state index contributed by atoms with van der Waals surface area (Å²) in [6.07, 6.45) is 4.40. The van der Waals surface area contributed by atoms with E-state index < -0.39 is 5.63 Å². The highest BCUT2D eigenvalue weighted by Gasteiger charge is 2.17. The summed E-state index contributed by atoms with van der Waals surface area (Å²) in [7, 11) is 0. The van der Waals surface area contributed by atoms with E-state index in [4.69, 9.17) is 9.15 Å². The molecule has 3 aromatic rings. The van der Waals surface area contributed by atoms with E-state index in [1.807, 2.05) is 18.4 Å². The first-order valence-electron chi connectivity index (χ1n) is 9.01. The predicted octanol–water partition coefficient (Wildman–Crippen LogP) is 3.66. The minimum atomic E-state index is -0.441. The molecule has 0 unspecified atom stereocenters. The summed E-state index contributed by atoms with van der Waals surface area (Å²) in [5.41, 5.74) is 1.04. The molecule has 0 aliphatic heterocycles. The van der Waals surface area contributed by atoms with Gasteiger partial charge in [-0.3, -0.25) is 4.79 Å². The third kappa shape index (κ3) is 4.03. The van der Waals surface area contributed by atoms with Crippen molar-refractivity contribution in [2.45, 2.75) is 38.6 Å². The summed E-state index contributed by atoms with van der Waals surface area (Å²) in [4.78, 5) is 28.6. The second kappa shape index (κ2) is 7.52. The van der Waals surface area contributed by atoms with Crippen LogP contribution in [0.3, 0.4) is 0 Å². The van der Waals surface area contributed by atoms with E-state index in [9.17, 15) is 9.59 Å². The number of aromatic nitrogens is 1. The number of thiazole rings is 1. The highest BCUT2D eigenvalue weighted by Crippen LogP contribution is 2.25. The van der Waals surface area contributed by atoms with Gasteiger partial charge in [-0.05, 0) is 38.0 Å². The molecule has 1 aliphatic rings. The lowest BCUT2D eigenvalue weighted by atomic mass is 10.1. The van der Waals surface area contributed by atoms with Crippen molar-refractivity contribution in [3.63, 3.8) is 0 Å². The van der Waals surface area contributed by atoms with Crippen LogP contribution in [0.5, 0.6) is 5.75 Å². The van der Waals surface area contributed by atoms with Crippen LogP contribution in [0.4, 0.5) is 0 Å². The largest absolute Gasteiger partial charge is 0.484 e. The van der Waals surface area contributed by atoms with Crippen LogP contribution in [0.2, 0.25) is 0 Å². The lowest BCUT2D eigenvalue weighted by Gasteiger charge is -2.12. The number of nitrogens with zero attached hydrogens (tertiary/aromatic N) is 1. The third-order valence-corrected chi connectivity index (χ3v) is 5.47. The molecule has 1 fully saturated rings. The van der Waals surface area contributed by atoms with E-state index in [0.717, 1.165) is 36.1 Å². The first-order valence-corrected chi connectivity index (χ1v) is 9.89. The highest BCUT2D eigenvalue weighted by atomic mass is 32.1. The molecule has 6 nitrogen and oxygen atoms in total. The summed E-state index contributed by atoms with van der Waals surface area (Å²) in [6, 6.07) is 7.25. The van der Waals surface area contributed by atoms with Crippen molar-refractivity contribution in [1.82, 2.24) is 10.3 Å². The van der Waals surface area contributed by atoms with E-state index in [2.05, 4.69) is 10.3 Å². The van der Waals surface area contributed by atoms with Crippen molar-refractivity contribution < 1.29 is 13.9 Å². The molecule has 1 saturated carbocycles. The van der Waals surface area contributed by atoms with Gasteiger partial charge < -0.3 is 14.5 Å². The number of ether oxygens (including phenoxy) is 1. The van der Waals surface area contributed by atoms with Gasteiger partial charge in [0.15, 0.2) is 6.61 Å². The summed E-state index contributed by atoms with van der Waals surface area (Å²) >= 11 is 1.49. The monoisotopic (exact) mass is 384 g/mol. The van der Waals surface area contributed by atoms with Gasteiger partial charge in [0.25, 0.3) is 5.91 Å². The number of rotatable bonds is 5. The fourth-order valence-corrected chi connectivity index (χ4v) is 3.95. The van der Waals surface area contributed by atoms with Gasteiger partial charge in [0.05, 0.1) is 16.3 Å². The molecule has 1 aliphatic carbocycles. The minimum absolute atomic E-state index is 0.0532. The van der Waals surface area contributed by atoms with E-state index in [0.29, 0.717) is 22.6 Å². The van der Waals surface area contributed by atoms with Gasteiger partial charge in [-0.15, -0.1) is 11.3 Å². The van der Waals surface area contributed by atoms with Crippen LogP contribution < -0.4 is 15.7 Å².